The molecule has 1 saturated heterocycles. The minimum atomic E-state index is 0.661. The van der Waals surface area contributed by atoms with Gasteiger partial charge in [-0.2, -0.15) is 0 Å². The van der Waals surface area contributed by atoms with Crippen molar-refractivity contribution in [1.29, 1.82) is 0 Å². The Labute approximate surface area is 116 Å². The van der Waals surface area contributed by atoms with E-state index in [9.17, 15) is 0 Å². The SMILES string of the molecule is CCOc1ccc(NCCC2CCCCN2C)cn1. The van der Waals surface area contributed by atoms with Crippen LogP contribution >= 0.6 is 0 Å². The van der Waals surface area contributed by atoms with Gasteiger partial charge in [-0.15, -0.1) is 0 Å². The number of rotatable bonds is 6. The minimum Gasteiger partial charge on any atom is -0.478 e. The zero-order valence-electron chi connectivity index (χ0n) is 12.1. The third kappa shape index (κ3) is 4.39. The topological polar surface area (TPSA) is 37.4 Å². The molecule has 4 heteroatoms. The Morgan fingerprint density at radius 1 is 1.42 bits per heavy atom. The van der Waals surface area contributed by atoms with Gasteiger partial charge in [-0.3, -0.25) is 0 Å². The second-order valence-corrected chi connectivity index (χ2v) is 5.16. The predicted molar refractivity (Wildman–Crippen MR) is 78.8 cm³/mol. The van der Waals surface area contributed by atoms with E-state index in [1.165, 1.54) is 32.2 Å². The number of piperidine rings is 1. The fourth-order valence-corrected chi connectivity index (χ4v) is 2.61. The molecule has 1 aromatic rings. The lowest BCUT2D eigenvalue weighted by Gasteiger charge is -2.32. The summed E-state index contributed by atoms with van der Waals surface area (Å²) >= 11 is 0. The zero-order chi connectivity index (χ0) is 13.5. The van der Waals surface area contributed by atoms with Crippen LogP contribution in [0.2, 0.25) is 0 Å². The Bertz CT molecular complexity index is 366. The van der Waals surface area contributed by atoms with Gasteiger partial charge in [0.15, 0.2) is 0 Å². The summed E-state index contributed by atoms with van der Waals surface area (Å²) in [7, 11) is 2.24. The summed E-state index contributed by atoms with van der Waals surface area (Å²) < 4.78 is 5.33. The molecule has 1 aliphatic rings. The normalized spacial score (nSPS) is 20.2. The molecule has 1 aromatic heterocycles. The Morgan fingerprint density at radius 2 is 2.32 bits per heavy atom. The molecule has 1 atom stereocenters. The van der Waals surface area contributed by atoms with Gasteiger partial charge < -0.3 is 15.0 Å². The molecule has 0 spiro atoms. The van der Waals surface area contributed by atoms with Crippen molar-refractivity contribution >= 4 is 5.69 Å². The van der Waals surface area contributed by atoms with Crippen molar-refractivity contribution in [2.24, 2.45) is 0 Å². The maximum atomic E-state index is 5.33. The van der Waals surface area contributed by atoms with Crippen molar-refractivity contribution in [2.45, 2.75) is 38.6 Å². The molecule has 4 nitrogen and oxygen atoms in total. The average Bonchev–Trinajstić information content (AvgIpc) is 2.43. The molecule has 0 saturated carbocycles. The van der Waals surface area contributed by atoms with Crippen molar-refractivity contribution in [3.8, 4) is 5.88 Å². The van der Waals surface area contributed by atoms with Crippen LogP contribution in [0.4, 0.5) is 5.69 Å². The van der Waals surface area contributed by atoms with E-state index in [0.29, 0.717) is 12.5 Å². The van der Waals surface area contributed by atoms with Crippen molar-refractivity contribution < 1.29 is 4.74 Å². The highest BCUT2D eigenvalue weighted by molar-refractivity contribution is 5.41. The van der Waals surface area contributed by atoms with Crippen LogP contribution in [0, 0.1) is 0 Å². The molecule has 106 valence electrons. The number of nitrogens with zero attached hydrogens (tertiary/aromatic N) is 2. The highest BCUT2D eigenvalue weighted by Crippen LogP contribution is 2.18. The van der Waals surface area contributed by atoms with Gasteiger partial charge in [-0.05, 0) is 45.8 Å². The Balaban J connectivity index is 1.72. The van der Waals surface area contributed by atoms with Gasteiger partial charge >= 0.3 is 0 Å². The highest BCUT2D eigenvalue weighted by atomic mass is 16.5. The van der Waals surface area contributed by atoms with Gasteiger partial charge in [0.05, 0.1) is 18.5 Å². The van der Waals surface area contributed by atoms with E-state index in [-0.39, 0.29) is 0 Å². The number of aromatic nitrogens is 1. The first-order valence-corrected chi connectivity index (χ1v) is 7.32. The molecule has 0 bridgehead atoms. The molecule has 0 radical (unpaired) electrons. The smallest absolute Gasteiger partial charge is 0.213 e. The number of pyridine rings is 1. The fourth-order valence-electron chi connectivity index (χ4n) is 2.61. The lowest BCUT2D eigenvalue weighted by Crippen LogP contribution is -2.37. The number of hydrogen-bond acceptors (Lipinski definition) is 4. The highest BCUT2D eigenvalue weighted by Gasteiger charge is 2.17. The van der Waals surface area contributed by atoms with Crippen molar-refractivity contribution in [3.05, 3.63) is 18.3 Å². The third-order valence-corrected chi connectivity index (χ3v) is 3.76. The van der Waals surface area contributed by atoms with Crippen LogP contribution in [-0.4, -0.2) is 42.7 Å². The van der Waals surface area contributed by atoms with Crippen LogP contribution in [0.5, 0.6) is 5.88 Å². The zero-order valence-corrected chi connectivity index (χ0v) is 12.1. The van der Waals surface area contributed by atoms with Crippen LogP contribution < -0.4 is 10.1 Å². The monoisotopic (exact) mass is 263 g/mol. The van der Waals surface area contributed by atoms with E-state index in [2.05, 4.69) is 22.2 Å². The fraction of sp³-hybridized carbons (Fsp3) is 0.667. The maximum Gasteiger partial charge on any atom is 0.213 e. The Kier molecular flexibility index (Phi) is 5.45. The molecular weight excluding hydrogens is 238 g/mol. The summed E-state index contributed by atoms with van der Waals surface area (Å²) in [6, 6.07) is 4.68. The first-order chi connectivity index (χ1) is 9.29. The molecule has 19 heavy (non-hydrogen) atoms. The standard InChI is InChI=1S/C15H25N3O/c1-3-19-15-8-7-13(12-17-15)16-10-9-14-6-4-5-11-18(14)2/h7-8,12,14,16H,3-6,9-11H2,1-2H3. The van der Waals surface area contributed by atoms with E-state index in [0.717, 1.165) is 18.3 Å². The molecule has 0 aliphatic carbocycles. The molecule has 1 N–H and O–H groups in total. The summed E-state index contributed by atoms with van der Waals surface area (Å²) in [4.78, 5) is 6.74. The third-order valence-electron chi connectivity index (χ3n) is 3.76. The number of nitrogens with one attached hydrogen (secondary N) is 1. The summed E-state index contributed by atoms with van der Waals surface area (Å²) in [6.07, 6.45) is 7.10. The summed E-state index contributed by atoms with van der Waals surface area (Å²) in [6.45, 7) is 4.88. The first-order valence-electron chi connectivity index (χ1n) is 7.32. The number of hydrogen-bond donors (Lipinski definition) is 1. The molecule has 1 aliphatic heterocycles. The lowest BCUT2D eigenvalue weighted by atomic mass is 10.0. The lowest BCUT2D eigenvalue weighted by molar-refractivity contribution is 0.179. The van der Waals surface area contributed by atoms with E-state index < -0.39 is 0 Å². The molecule has 0 amide bonds. The maximum absolute atomic E-state index is 5.33. The largest absolute Gasteiger partial charge is 0.478 e. The number of likely N-dealkylation sites (tertiary alicyclic amines) is 1. The van der Waals surface area contributed by atoms with Gasteiger partial charge in [0.25, 0.3) is 0 Å². The van der Waals surface area contributed by atoms with Crippen LogP contribution in [0.25, 0.3) is 0 Å². The second kappa shape index (κ2) is 7.34. The second-order valence-electron chi connectivity index (χ2n) is 5.16. The molecule has 2 heterocycles. The summed E-state index contributed by atoms with van der Waals surface area (Å²) in [5.74, 6) is 0.695. The van der Waals surface area contributed by atoms with Gasteiger partial charge in [0.1, 0.15) is 0 Å². The molecular formula is C15H25N3O. The van der Waals surface area contributed by atoms with Crippen molar-refractivity contribution in [1.82, 2.24) is 9.88 Å². The van der Waals surface area contributed by atoms with Crippen LogP contribution in [0.15, 0.2) is 18.3 Å². The Hall–Kier alpha value is -1.29. The van der Waals surface area contributed by atoms with Crippen molar-refractivity contribution in [2.75, 3.05) is 32.1 Å². The summed E-state index contributed by atoms with van der Waals surface area (Å²) in [5, 5.41) is 3.44. The number of ether oxygens (including phenoxy) is 1. The predicted octanol–water partition coefficient (Wildman–Crippen LogP) is 2.77. The van der Waals surface area contributed by atoms with E-state index in [4.69, 9.17) is 4.74 Å². The molecule has 2 rings (SSSR count). The Morgan fingerprint density at radius 3 is 3.00 bits per heavy atom. The van der Waals surface area contributed by atoms with Crippen LogP contribution in [0.3, 0.4) is 0 Å². The quantitative estimate of drug-likeness (QED) is 0.856. The van der Waals surface area contributed by atoms with Gasteiger partial charge in [0, 0.05) is 18.7 Å². The van der Waals surface area contributed by atoms with Crippen LogP contribution in [-0.2, 0) is 0 Å². The van der Waals surface area contributed by atoms with Gasteiger partial charge in [0.2, 0.25) is 5.88 Å². The minimum absolute atomic E-state index is 0.661. The number of anilines is 1. The molecule has 0 aromatic carbocycles. The van der Waals surface area contributed by atoms with Crippen molar-refractivity contribution in [3.63, 3.8) is 0 Å². The van der Waals surface area contributed by atoms with Crippen LogP contribution in [0.1, 0.15) is 32.6 Å². The van der Waals surface area contributed by atoms with Gasteiger partial charge in [-0.1, -0.05) is 6.42 Å². The summed E-state index contributed by atoms with van der Waals surface area (Å²) in [5.41, 5.74) is 1.07. The average molecular weight is 263 g/mol. The van der Waals surface area contributed by atoms with E-state index in [1.807, 2.05) is 25.3 Å². The van der Waals surface area contributed by atoms with E-state index >= 15 is 0 Å². The van der Waals surface area contributed by atoms with Gasteiger partial charge in [-0.25, -0.2) is 4.98 Å². The van der Waals surface area contributed by atoms with E-state index in [1.54, 1.807) is 0 Å². The molecule has 1 fully saturated rings. The first kappa shape index (κ1) is 14.1. The molecule has 1 unspecified atom stereocenters.